The Morgan fingerprint density at radius 1 is 1.11 bits per heavy atom. The Balaban J connectivity index is 2.00. The van der Waals surface area contributed by atoms with Crippen molar-refractivity contribution in [3.63, 3.8) is 0 Å². The molecule has 19 heavy (non-hydrogen) atoms. The molecule has 1 aliphatic rings. The molecule has 1 saturated carbocycles. The highest BCUT2D eigenvalue weighted by Gasteiger charge is 2.21. The van der Waals surface area contributed by atoms with Crippen LogP contribution in [0.4, 0.5) is 0 Å². The van der Waals surface area contributed by atoms with Gasteiger partial charge in [0.25, 0.3) is 0 Å². The van der Waals surface area contributed by atoms with Crippen molar-refractivity contribution in [3.05, 3.63) is 34.9 Å². The second kappa shape index (κ2) is 7.91. The molecule has 0 aromatic heterocycles. The highest BCUT2D eigenvalue weighted by atomic mass is 35.5. The van der Waals surface area contributed by atoms with E-state index in [1.165, 1.54) is 50.5 Å². The van der Waals surface area contributed by atoms with Crippen LogP contribution in [0.25, 0.3) is 0 Å². The molecule has 1 atom stereocenters. The molecule has 0 radical (unpaired) electrons. The number of hydrogen-bond acceptors (Lipinski definition) is 1. The van der Waals surface area contributed by atoms with E-state index >= 15 is 0 Å². The lowest BCUT2D eigenvalue weighted by Gasteiger charge is -2.29. The average Bonchev–Trinajstić information content (AvgIpc) is 2.38. The molecule has 1 aromatic rings. The van der Waals surface area contributed by atoms with Gasteiger partial charge in [-0.05, 0) is 43.9 Å². The predicted molar refractivity (Wildman–Crippen MR) is 83.8 cm³/mol. The molecular formula is C17H26ClN. The highest BCUT2D eigenvalue weighted by molar-refractivity contribution is 6.31. The quantitative estimate of drug-likeness (QED) is 0.832. The maximum atomic E-state index is 6.29. The fraction of sp³-hybridized carbons (Fsp3) is 0.647. The Morgan fingerprint density at radius 3 is 2.37 bits per heavy atom. The van der Waals surface area contributed by atoms with Gasteiger partial charge in [0.05, 0.1) is 0 Å². The summed E-state index contributed by atoms with van der Waals surface area (Å²) in [4.78, 5) is 0. The minimum Gasteiger partial charge on any atom is -0.316 e. The lowest BCUT2D eigenvalue weighted by molar-refractivity contribution is 0.294. The van der Waals surface area contributed by atoms with Gasteiger partial charge in [-0.1, -0.05) is 61.9 Å². The molecule has 0 spiro atoms. The van der Waals surface area contributed by atoms with Crippen LogP contribution < -0.4 is 5.32 Å². The summed E-state index contributed by atoms with van der Waals surface area (Å²) in [6.07, 6.45) is 10.9. The van der Waals surface area contributed by atoms with E-state index in [1.54, 1.807) is 0 Å². The topological polar surface area (TPSA) is 12.0 Å². The van der Waals surface area contributed by atoms with E-state index in [0.717, 1.165) is 17.4 Å². The van der Waals surface area contributed by atoms with Crippen LogP contribution in [0.2, 0.25) is 5.02 Å². The van der Waals surface area contributed by atoms with Crippen LogP contribution in [0.3, 0.4) is 0 Å². The molecule has 0 amide bonds. The Bertz CT molecular complexity index is 369. The average molecular weight is 280 g/mol. The summed E-state index contributed by atoms with van der Waals surface area (Å²) in [5.74, 6) is 0.807. The molecule has 106 valence electrons. The first-order valence-electron chi connectivity index (χ1n) is 7.72. The number of hydrogen-bond donors (Lipinski definition) is 1. The van der Waals surface area contributed by atoms with Crippen LogP contribution >= 0.6 is 11.6 Å². The summed E-state index contributed by atoms with van der Waals surface area (Å²) in [7, 11) is 2.10. The van der Waals surface area contributed by atoms with Crippen molar-refractivity contribution in [2.75, 3.05) is 7.05 Å². The van der Waals surface area contributed by atoms with Crippen LogP contribution in [-0.2, 0) is 6.42 Å². The molecule has 0 bridgehead atoms. The summed E-state index contributed by atoms with van der Waals surface area (Å²) < 4.78 is 0. The van der Waals surface area contributed by atoms with E-state index in [4.69, 9.17) is 11.6 Å². The minimum atomic E-state index is 0.568. The summed E-state index contributed by atoms with van der Waals surface area (Å²) in [6.45, 7) is 0. The fourth-order valence-electron chi connectivity index (χ4n) is 3.30. The van der Waals surface area contributed by atoms with Crippen molar-refractivity contribution >= 4 is 11.6 Å². The zero-order chi connectivity index (χ0) is 13.5. The molecular weight excluding hydrogens is 254 g/mol. The molecule has 1 fully saturated rings. The van der Waals surface area contributed by atoms with Gasteiger partial charge in [0.1, 0.15) is 0 Å². The van der Waals surface area contributed by atoms with Gasteiger partial charge >= 0.3 is 0 Å². The van der Waals surface area contributed by atoms with E-state index in [1.807, 2.05) is 12.1 Å². The highest BCUT2D eigenvalue weighted by Crippen LogP contribution is 2.27. The van der Waals surface area contributed by atoms with Crippen LogP contribution in [0, 0.1) is 5.92 Å². The van der Waals surface area contributed by atoms with Crippen molar-refractivity contribution < 1.29 is 0 Å². The summed E-state index contributed by atoms with van der Waals surface area (Å²) in [5.41, 5.74) is 1.28. The number of likely N-dealkylation sites (N-methyl/N-ethyl adjacent to an activating group) is 1. The molecule has 1 nitrogen and oxygen atoms in total. The van der Waals surface area contributed by atoms with E-state index in [0.29, 0.717) is 6.04 Å². The lowest BCUT2D eigenvalue weighted by atomic mass is 9.83. The van der Waals surface area contributed by atoms with Gasteiger partial charge in [-0.3, -0.25) is 0 Å². The maximum absolute atomic E-state index is 6.29. The number of nitrogens with one attached hydrogen (secondary N) is 1. The van der Waals surface area contributed by atoms with Gasteiger partial charge in [0.2, 0.25) is 0 Å². The van der Waals surface area contributed by atoms with E-state index in [9.17, 15) is 0 Å². The van der Waals surface area contributed by atoms with Crippen molar-refractivity contribution in [3.8, 4) is 0 Å². The minimum absolute atomic E-state index is 0.568. The SMILES string of the molecule is CNC(Cc1ccccc1Cl)C1CCCCCCC1. The van der Waals surface area contributed by atoms with Crippen molar-refractivity contribution in [2.45, 2.75) is 57.4 Å². The fourth-order valence-corrected chi connectivity index (χ4v) is 3.51. The molecule has 2 heteroatoms. The lowest BCUT2D eigenvalue weighted by Crippen LogP contribution is -2.36. The van der Waals surface area contributed by atoms with Gasteiger partial charge in [0.15, 0.2) is 0 Å². The molecule has 1 N–H and O–H groups in total. The zero-order valence-corrected chi connectivity index (χ0v) is 12.8. The van der Waals surface area contributed by atoms with Crippen LogP contribution in [0.1, 0.15) is 50.5 Å². The largest absolute Gasteiger partial charge is 0.316 e. The predicted octanol–water partition coefficient (Wildman–Crippen LogP) is 4.83. The Morgan fingerprint density at radius 2 is 1.74 bits per heavy atom. The third-order valence-electron chi connectivity index (χ3n) is 4.49. The first kappa shape index (κ1) is 14.9. The molecule has 0 heterocycles. The van der Waals surface area contributed by atoms with Gasteiger partial charge in [-0.2, -0.15) is 0 Å². The number of rotatable bonds is 4. The maximum Gasteiger partial charge on any atom is 0.0438 e. The van der Waals surface area contributed by atoms with Gasteiger partial charge in [0, 0.05) is 11.1 Å². The summed E-state index contributed by atoms with van der Waals surface area (Å²) in [6, 6.07) is 8.83. The monoisotopic (exact) mass is 279 g/mol. The molecule has 2 rings (SSSR count). The van der Waals surface area contributed by atoms with Gasteiger partial charge < -0.3 is 5.32 Å². The summed E-state index contributed by atoms with van der Waals surface area (Å²) in [5, 5.41) is 4.45. The molecule has 1 aromatic carbocycles. The van der Waals surface area contributed by atoms with Crippen molar-refractivity contribution in [1.82, 2.24) is 5.32 Å². The van der Waals surface area contributed by atoms with Gasteiger partial charge in [-0.15, -0.1) is 0 Å². The van der Waals surface area contributed by atoms with Crippen LogP contribution in [-0.4, -0.2) is 13.1 Å². The van der Waals surface area contributed by atoms with Crippen LogP contribution in [0.15, 0.2) is 24.3 Å². The normalized spacial score (nSPS) is 19.7. The second-order valence-corrected chi connectivity index (χ2v) is 6.20. The first-order chi connectivity index (χ1) is 9.31. The van der Waals surface area contributed by atoms with Crippen molar-refractivity contribution in [2.24, 2.45) is 5.92 Å². The number of benzene rings is 1. The third kappa shape index (κ3) is 4.50. The van der Waals surface area contributed by atoms with Gasteiger partial charge in [-0.25, -0.2) is 0 Å². The Hall–Kier alpha value is -0.530. The second-order valence-electron chi connectivity index (χ2n) is 5.80. The first-order valence-corrected chi connectivity index (χ1v) is 8.09. The van der Waals surface area contributed by atoms with Crippen LogP contribution in [0.5, 0.6) is 0 Å². The smallest absolute Gasteiger partial charge is 0.0438 e. The van der Waals surface area contributed by atoms with Crippen molar-refractivity contribution in [1.29, 1.82) is 0 Å². The van der Waals surface area contributed by atoms with E-state index < -0.39 is 0 Å². The Kier molecular flexibility index (Phi) is 6.19. The summed E-state index contributed by atoms with van der Waals surface area (Å²) >= 11 is 6.29. The molecule has 1 unspecified atom stereocenters. The molecule has 0 saturated heterocycles. The molecule has 0 aliphatic heterocycles. The number of halogens is 1. The third-order valence-corrected chi connectivity index (χ3v) is 4.86. The zero-order valence-electron chi connectivity index (χ0n) is 12.0. The van der Waals surface area contributed by atoms with E-state index in [2.05, 4.69) is 24.5 Å². The molecule has 1 aliphatic carbocycles. The Labute approximate surface area is 122 Å². The standard InChI is InChI=1S/C17H26ClN/c1-19-17(13-15-11-7-8-12-16(15)18)14-9-5-3-2-4-6-10-14/h7-8,11-12,14,17,19H,2-6,9-10,13H2,1H3. The van der Waals surface area contributed by atoms with E-state index in [-0.39, 0.29) is 0 Å².